The Bertz CT molecular complexity index is 573. The number of rotatable bonds is 1. The molecule has 1 fully saturated rings. The van der Waals surface area contributed by atoms with Crippen molar-refractivity contribution in [3.63, 3.8) is 0 Å². The van der Waals surface area contributed by atoms with Gasteiger partial charge in [-0.1, -0.05) is 0 Å². The molecule has 1 aliphatic carbocycles. The first-order valence-corrected chi connectivity index (χ1v) is 6.77. The number of hydrogen-bond acceptors (Lipinski definition) is 2. The molecular formula is C15H20N2O. The first kappa shape index (κ1) is 11.7. The lowest BCUT2D eigenvalue weighted by molar-refractivity contribution is 0.105. The van der Waals surface area contributed by atoms with E-state index in [-0.39, 0.29) is 6.10 Å². The van der Waals surface area contributed by atoms with Crippen LogP contribution < -0.4 is 0 Å². The second kappa shape index (κ2) is 4.39. The summed E-state index contributed by atoms with van der Waals surface area (Å²) in [5.41, 5.74) is 4.87. The van der Waals surface area contributed by atoms with Gasteiger partial charge in [-0.3, -0.25) is 0 Å². The van der Waals surface area contributed by atoms with E-state index in [0.717, 1.165) is 31.2 Å². The van der Waals surface area contributed by atoms with Gasteiger partial charge in [0.2, 0.25) is 0 Å². The molecule has 0 spiro atoms. The molecule has 2 unspecified atom stereocenters. The van der Waals surface area contributed by atoms with Crippen LogP contribution in [-0.2, 0) is 0 Å². The number of aryl methyl sites for hydroxylation is 2. The van der Waals surface area contributed by atoms with Gasteiger partial charge in [0.25, 0.3) is 0 Å². The van der Waals surface area contributed by atoms with Gasteiger partial charge in [0.05, 0.1) is 23.5 Å². The van der Waals surface area contributed by atoms with Gasteiger partial charge in [-0.15, -0.1) is 0 Å². The third-order valence-electron chi connectivity index (χ3n) is 4.20. The fourth-order valence-corrected chi connectivity index (χ4v) is 2.97. The predicted octanol–water partition coefficient (Wildman–Crippen LogP) is 3.13. The minimum absolute atomic E-state index is 0.146. The summed E-state index contributed by atoms with van der Waals surface area (Å²) in [6, 6.07) is 4.78. The summed E-state index contributed by atoms with van der Waals surface area (Å²) in [7, 11) is 0. The molecule has 0 amide bonds. The highest BCUT2D eigenvalue weighted by atomic mass is 16.3. The number of nitrogens with zero attached hydrogens (tertiary/aromatic N) is 2. The van der Waals surface area contributed by atoms with E-state index in [9.17, 15) is 5.11 Å². The SMILES string of the molecule is Cc1cc2ncn(C3CCCC(O)C3)c2cc1C. The molecule has 1 N–H and O–H groups in total. The molecule has 0 radical (unpaired) electrons. The maximum Gasteiger partial charge on any atom is 0.0960 e. The van der Waals surface area contributed by atoms with Crippen LogP contribution in [0.4, 0.5) is 0 Å². The Hall–Kier alpha value is -1.35. The number of fused-ring (bicyclic) bond motifs is 1. The average Bonchev–Trinajstić information content (AvgIpc) is 2.73. The highest BCUT2D eigenvalue weighted by Gasteiger charge is 2.22. The Balaban J connectivity index is 2.04. The minimum Gasteiger partial charge on any atom is -0.393 e. The molecule has 1 aromatic carbocycles. The van der Waals surface area contributed by atoms with Crippen molar-refractivity contribution in [1.82, 2.24) is 9.55 Å². The summed E-state index contributed by atoms with van der Waals surface area (Å²) in [6.45, 7) is 4.26. The highest BCUT2D eigenvalue weighted by Crippen LogP contribution is 2.31. The fraction of sp³-hybridized carbons (Fsp3) is 0.533. The van der Waals surface area contributed by atoms with Crippen LogP contribution in [0.15, 0.2) is 18.5 Å². The summed E-state index contributed by atoms with van der Waals surface area (Å²) in [5.74, 6) is 0. The third kappa shape index (κ3) is 1.93. The second-order valence-electron chi connectivity index (χ2n) is 5.55. The van der Waals surface area contributed by atoms with Gasteiger partial charge >= 0.3 is 0 Å². The predicted molar refractivity (Wildman–Crippen MR) is 72.7 cm³/mol. The standard InChI is InChI=1S/C15H20N2O/c1-10-6-14-15(7-11(10)2)17(9-16-14)12-4-3-5-13(18)8-12/h6-7,9,12-13,18H,3-5,8H2,1-2H3. The van der Waals surface area contributed by atoms with Crippen LogP contribution in [0.5, 0.6) is 0 Å². The number of aliphatic hydroxyl groups excluding tert-OH is 1. The maximum atomic E-state index is 9.82. The molecule has 1 aromatic heterocycles. The number of imidazole rings is 1. The number of hydrogen-bond donors (Lipinski definition) is 1. The Labute approximate surface area is 107 Å². The van der Waals surface area contributed by atoms with Crippen molar-refractivity contribution >= 4 is 11.0 Å². The number of aliphatic hydroxyl groups is 1. The molecule has 18 heavy (non-hydrogen) atoms. The molecular weight excluding hydrogens is 224 g/mol. The molecule has 2 atom stereocenters. The third-order valence-corrected chi connectivity index (χ3v) is 4.20. The van der Waals surface area contributed by atoms with Crippen molar-refractivity contribution in [2.75, 3.05) is 0 Å². The topological polar surface area (TPSA) is 38.0 Å². The van der Waals surface area contributed by atoms with Gasteiger partial charge in [-0.05, 0) is 62.8 Å². The highest BCUT2D eigenvalue weighted by molar-refractivity contribution is 5.77. The summed E-state index contributed by atoms with van der Waals surface area (Å²) < 4.78 is 2.25. The number of aromatic nitrogens is 2. The van der Waals surface area contributed by atoms with E-state index in [2.05, 4.69) is 35.5 Å². The van der Waals surface area contributed by atoms with Crippen molar-refractivity contribution in [2.24, 2.45) is 0 Å². The second-order valence-corrected chi connectivity index (χ2v) is 5.55. The van der Waals surface area contributed by atoms with Gasteiger partial charge in [-0.25, -0.2) is 4.98 Å². The molecule has 3 heteroatoms. The van der Waals surface area contributed by atoms with Crippen LogP contribution in [0.25, 0.3) is 11.0 Å². The molecule has 0 bridgehead atoms. The molecule has 2 aromatic rings. The van der Waals surface area contributed by atoms with Gasteiger partial charge in [0, 0.05) is 6.04 Å². The molecule has 3 rings (SSSR count). The van der Waals surface area contributed by atoms with Crippen LogP contribution in [0.3, 0.4) is 0 Å². The van der Waals surface area contributed by atoms with Crippen LogP contribution in [0, 0.1) is 13.8 Å². The Kier molecular flexibility index (Phi) is 2.86. The molecule has 1 heterocycles. The van der Waals surface area contributed by atoms with E-state index >= 15 is 0 Å². The Morgan fingerprint density at radius 3 is 2.78 bits per heavy atom. The molecule has 96 valence electrons. The normalized spacial score (nSPS) is 24.6. The zero-order valence-corrected chi connectivity index (χ0v) is 11.1. The van der Waals surface area contributed by atoms with E-state index in [0.29, 0.717) is 6.04 Å². The van der Waals surface area contributed by atoms with E-state index in [1.807, 2.05) is 6.33 Å². The van der Waals surface area contributed by atoms with Crippen LogP contribution >= 0.6 is 0 Å². The lowest BCUT2D eigenvalue weighted by Crippen LogP contribution is -2.22. The van der Waals surface area contributed by atoms with E-state index in [1.54, 1.807) is 0 Å². The summed E-state index contributed by atoms with van der Waals surface area (Å²) >= 11 is 0. The zero-order chi connectivity index (χ0) is 12.7. The van der Waals surface area contributed by atoms with Crippen LogP contribution in [0.2, 0.25) is 0 Å². The van der Waals surface area contributed by atoms with Gasteiger partial charge in [0.15, 0.2) is 0 Å². The van der Waals surface area contributed by atoms with Crippen molar-refractivity contribution in [3.8, 4) is 0 Å². The van der Waals surface area contributed by atoms with Crippen LogP contribution in [0.1, 0.15) is 42.9 Å². The lowest BCUT2D eigenvalue weighted by atomic mass is 9.92. The van der Waals surface area contributed by atoms with E-state index in [4.69, 9.17) is 0 Å². The minimum atomic E-state index is -0.146. The van der Waals surface area contributed by atoms with E-state index in [1.165, 1.54) is 16.6 Å². The van der Waals surface area contributed by atoms with Gasteiger partial charge in [0.1, 0.15) is 0 Å². The molecule has 0 aliphatic heterocycles. The maximum absolute atomic E-state index is 9.82. The van der Waals surface area contributed by atoms with Crippen molar-refractivity contribution in [2.45, 2.75) is 51.7 Å². The molecule has 3 nitrogen and oxygen atoms in total. The van der Waals surface area contributed by atoms with Crippen molar-refractivity contribution < 1.29 is 5.11 Å². The quantitative estimate of drug-likeness (QED) is 0.837. The molecule has 0 saturated heterocycles. The largest absolute Gasteiger partial charge is 0.393 e. The molecule has 1 saturated carbocycles. The lowest BCUT2D eigenvalue weighted by Gasteiger charge is -2.27. The summed E-state index contributed by atoms with van der Waals surface area (Å²) in [4.78, 5) is 4.50. The Morgan fingerprint density at radius 1 is 1.22 bits per heavy atom. The Morgan fingerprint density at radius 2 is 2.00 bits per heavy atom. The fourth-order valence-electron chi connectivity index (χ4n) is 2.97. The van der Waals surface area contributed by atoms with Crippen molar-refractivity contribution in [1.29, 1.82) is 0 Å². The van der Waals surface area contributed by atoms with Crippen molar-refractivity contribution in [3.05, 3.63) is 29.6 Å². The zero-order valence-electron chi connectivity index (χ0n) is 11.1. The summed E-state index contributed by atoms with van der Waals surface area (Å²) in [6.07, 6.45) is 5.85. The van der Waals surface area contributed by atoms with Crippen LogP contribution in [-0.4, -0.2) is 20.8 Å². The first-order chi connectivity index (χ1) is 8.65. The summed E-state index contributed by atoms with van der Waals surface area (Å²) in [5, 5.41) is 9.82. The monoisotopic (exact) mass is 244 g/mol. The molecule has 1 aliphatic rings. The first-order valence-electron chi connectivity index (χ1n) is 6.77. The average molecular weight is 244 g/mol. The van der Waals surface area contributed by atoms with Gasteiger partial charge in [-0.2, -0.15) is 0 Å². The van der Waals surface area contributed by atoms with E-state index < -0.39 is 0 Å². The smallest absolute Gasteiger partial charge is 0.0960 e. The van der Waals surface area contributed by atoms with Gasteiger partial charge < -0.3 is 9.67 Å². The number of benzene rings is 1.